The second-order valence-electron chi connectivity index (χ2n) is 11.2. The van der Waals surface area contributed by atoms with Gasteiger partial charge < -0.3 is 18.8 Å². The molecular formula is C34H32FN5O8S2. The number of nitrogens with zero attached hydrogens (tertiary/aromatic N) is 4. The summed E-state index contributed by atoms with van der Waals surface area (Å²) in [6, 6.07) is 20.7. The largest absolute Gasteiger partial charge is 0.473 e. The van der Waals surface area contributed by atoms with Crippen LogP contribution in [0.3, 0.4) is 0 Å². The number of carbonyl (C=O) groups excluding carboxylic acids is 1. The van der Waals surface area contributed by atoms with E-state index in [1.807, 2.05) is 10.6 Å². The number of benzene rings is 3. The number of ether oxygens (including phenoxy) is 3. The first-order valence-electron chi connectivity index (χ1n) is 15.0. The SMILES string of the molecule is COCCn1c(Cc2ccc(-c3cccc(OCc4ccc(C#N)cc4F)n3)cc2NS(=O)(=O)CS(C)(=O)=O)nc2ccc(C(=O)OC)cc21. The summed E-state index contributed by atoms with van der Waals surface area (Å²) in [6.45, 7) is 0.521. The second kappa shape index (κ2) is 15.0. The summed E-state index contributed by atoms with van der Waals surface area (Å²) >= 11 is 0. The summed E-state index contributed by atoms with van der Waals surface area (Å²) < 4.78 is 84.5. The van der Waals surface area contributed by atoms with Crippen molar-refractivity contribution in [3.63, 3.8) is 0 Å². The van der Waals surface area contributed by atoms with Gasteiger partial charge in [-0.15, -0.1) is 0 Å². The van der Waals surface area contributed by atoms with E-state index in [4.69, 9.17) is 24.5 Å². The smallest absolute Gasteiger partial charge is 0.337 e. The first-order chi connectivity index (χ1) is 23.8. The highest BCUT2D eigenvalue weighted by Crippen LogP contribution is 2.30. The highest BCUT2D eigenvalue weighted by atomic mass is 32.3. The lowest BCUT2D eigenvalue weighted by molar-refractivity contribution is 0.0601. The van der Waals surface area contributed by atoms with E-state index in [-0.39, 0.29) is 35.7 Å². The van der Waals surface area contributed by atoms with Gasteiger partial charge in [-0.2, -0.15) is 5.26 Å². The van der Waals surface area contributed by atoms with Crippen molar-refractivity contribution >= 4 is 42.6 Å². The van der Waals surface area contributed by atoms with Crippen molar-refractivity contribution in [1.29, 1.82) is 5.26 Å². The van der Waals surface area contributed by atoms with Gasteiger partial charge in [0.25, 0.3) is 0 Å². The van der Waals surface area contributed by atoms with Gasteiger partial charge in [0.2, 0.25) is 15.9 Å². The highest BCUT2D eigenvalue weighted by molar-refractivity contribution is 8.08. The molecule has 2 aromatic heterocycles. The van der Waals surface area contributed by atoms with Crippen molar-refractivity contribution in [1.82, 2.24) is 14.5 Å². The minimum absolute atomic E-state index is 0.0968. The zero-order valence-corrected chi connectivity index (χ0v) is 28.8. The standard InChI is InChI=1S/C34H32FN5O8S2/c1-46-14-13-40-31-17-25(34(41)47-2)11-12-29(31)37-32(40)18-24-10-9-23(16-30(24)39-50(44,45)21-49(3,42)43)28-5-4-6-33(38-28)48-20-26-8-7-22(19-36)15-27(26)35/h4-12,15-17,39H,13-14,18,20-21H2,1-3H3. The van der Waals surface area contributed by atoms with E-state index in [1.165, 1.54) is 25.3 Å². The Kier molecular flexibility index (Phi) is 10.8. The molecule has 2 heterocycles. The fourth-order valence-electron chi connectivity index (χ4n) is 5.16. The number of anilines is 1. The summed E-state index contributed by atoms with van der Waals surface area (Å²) in [6.07, 6.45) is 0.930. The predicted octanol–water partition coefficient (Wildman–Crippen LogP) is 4.46. The van der Waals surface area contributed by atoms with Crippen LogP contribution < -0.4 is 9.46 Å². The molecular weight excluding hydrogens is 690 g/mol. The van der Waals surface area contributed by atoms with Crippen molar-refractivity contribution in [2.24, 2.45) is 0 Å². The van der Waals surface area contributed by atoms with Gasteiger partial charge in [-0.3, -0.25) is 4.72 Å². The maximum Gasteiger partial charge on any atom is 0.337 e. The van der Waals surface area contributed by atoms with Crippen molar-refractivity contribution in [3.05, 3.63) is 107 Å². The Bertz CT molecular complexity index is 2340. The van der Waals surface area contributed by atoms with Crippen LogP contribution in [0.25, 0.3) is 22.3 Å². The van der Waals surface area contributed by atoms with Crippen LogP contribution in [-0.4, -0.2) is 69.5 Å². The maximum atomic E-state index is 14.4. The fraction of sp³-hybridized carbons (Fsp3) is 0.235. The van der Waals surface area contributed by atoms with E-state index in [9.17, 15) is 26.0 Å². The molecule has 13 nitrogen and oxygen atoms in total. The third-order valence-corrected chi connectivity index (χ3v) is 10.9. The minimum atomic E-state index is -4.37. The summed E-state index contributed by atoms with van der Waals surface area (Å²) in [7, 11) is -5.45. The van der Waals surface area contributed by atoms with Crippen LogP contribution in [0.15, 0.2) is 72.8 Å². The monoisotopic (exact) mass is 721 g/mol. The number of fused-ring (bicyclic) bond motifs is 1. The van der Waals surface area contributed by atoms with E-state index in [0.29, 0.717) is 52.4 Å². The first kappa shape index (κ1) is 35.9. The molecule has 0 saturated heterocycles. The van der Waals surface area contributed by atoms with Gasteiger partial charge in [0.15, 0.2) is 14.9 Å². The average molecular weight is 722 g/mol. The molecule has 0 radical (unpaired) electrons. The fourth-order valence-corrected chi connectivity index (χ4v) is 8.18. The normalized spacial score (nSPS) is 11.7. The lowest BCUT2D eigenvalue weighted by atomic mass is 10.0. The number of halogens is 1. The number of hydrogen-bond donors (Lipinski definition) is 1. The second-order valence-corrected chi connectivity index (χ2v) is 15.5. The number of esters is 1. The van der Waals surface area contributed by atoms with E-state index >= 15 is 0 Å². The molecule has 16 heteroatoms. The summed E-state index contributed by atoms with van der Waals surface area (Å²) in [5.41, 5.74) is 3.37. The van der Waals surface area contributed by atoms with Gasteiger partial charge in [-0.25, -0.2) is 36.0 Å². The van der Waals surface area contributed by atoms with Gasteiger partial charge in [0.1, 0.15) is 18.2 Å². The summed E-state index contributed by atoms with van der Waals surface area (Å²) in [4.78, 5) is 21.5. The number of aromatic nitrogens is 3. The van der Waals surface area contributed by atoms with Crippen molar-refractivity contribution in [2.75, 3.05) is 36.9 Å². The quantitative estimate of drug-likeness (QED) is 0.160. The third kappa shape index (κ3) is 8.80. The molecule has 0 aliphatic heterocycles. The number of sulfonamides is 1. The van der Waals surface area contributed by atoms with E-state index in [2.05, 4.69) is 9.71 Å². The van der Waals surface area contributed by atoms with Crippen LogP contribution in [-0.2, 0) is 48.9 Å². The zero-order valence-electron chi connectivity index (χ0n) is 27.2. The number of nitriles is 1. The van der Waals surface area contributed by atoms with Crippen LogP contribution in [0.5, 0.6) is 5.88 Å². The van der Waals surface area contributed by atoms with E-state index < -0.39 is 36.7 Å². The minimum Gasteiger partial charge on any atom is -0.473 e. The number of hydrogen-bond acceptors (Lipinski definition) is 11. The first-order valence-corrected chi connectivity index (χ1v) is 18.7. The Labute approximate surface area is 288 Å². The number of sulfone groups is 1. The third-order valence-electron chi connectivity index (χ3n) is 7.44. The Hall–Kier alpha value is -5.37. The number of imidazole rings is 1. The van der Waals surface area contributed by atoms with Gasteiger partial charge in [-0.1, -0.05) is 24.3 Å². The van der Waals surface area contributed by atoms with E-state index in [1.54, 1.807) is 55.6 Å². The van der Waals surface area contributed by atoms with Gasteiger partial charge in [0, 0.05) is 43.5 Å². The average Bonchev–Trinajstić information content (AvgIpc) is 3.41. The summed E-state index contributed by atoms with van der Waals surface area (Å²) in [5, 5.41) is 7.84. The number of methoxy groups -OCH3 is 2. The molecule has 5 aromatic rings. The topological polar surface area (TPSA) is 180 Å². The molecule has 1 N–H and O–H groups in total. The molecule has 0 fully saturated rings. The van der Waals surface area contributed by atoms with E-state index in [0.717, 1.165) is 12.3 Å². The molecule has 5 rings (SSSR count). The number of rotatable bonds is 14. The molecule has 0 spiro atoms. The molecule has 0 amide bonds. The molecule has 0 saturated carbocycles. The Morgan fingerprint density at radius 1 is 0.980 bits per heavy atom. The maximum absolute atomic E-state index is 14.4. The Balaban J connectivity index is 1.52. The molecule has 260 valence electrons. The zero-order chi connectivity index (χ0) is 36.1. The number of nitrogens with one attached hydrogen (secondary N) is 1. The van der Waals surface area contributed by atoms with Crippen molar-refractivity contribution in [3.8, 4) is 23.2 Å². The molecule has 0 aliphatic carbocycles. The van der Waals surface area contributed by atoms with Crippen LogP contribution in [0.2, 0.25) is 0 Å². The number of pyridine rings is 1. The lowest BCUT2D eigenvalue weighted by Crippen LogP contribution is -2.23. The summed E-state index contributed by atoms with van der Waals surface area (Å²) in [5.74, 6) is -0.427. The molecule has 50 heavy (non-hydrogen) atoms. The molecule has 3 aromatic carbocycles. The van der Waals surface area contributed by atoms with Crippen molar-refractivity contribution in [2.45, 2.75) is 19.6 Å². The Morgan fingerprint density at radius 2 is 1.76 bits per heavy atom. The predicted molar refractivity (Wildman–Crippen MR) is 183 cm³/mol. The van der Waals surface area contributed by atoms with Gasteiger partial charge in [-0.05, 0) is 48.0 Å². The number of carbonyl (C=O) groups is 1. The Morgan fingerprint density at radius 3 is 2.46 bits per heavy atom. The van der Waals surface area contributed by atoms with Crippen molar-refractivity contribution < 1.29 is 40.2 Å². The molecule has 0 bridgehead atoms. The van der Waals surface area contributed by atoms with Crippen LogP contribution in [0.1, 0.15) is 32.9 Å². The molecule has 0 atom stereocenters. The lowest BCUT2D eigenvalue weighted by Gasteiger charge is -2.15. The van der Waals surface area contributed by atoms with Gasteiger partial charge in [0.05, 0.1) is 53.3 Å². The van der Waals surface area contributed by atoms with Gasteiger partial charge >= 0.3 is 5.97 Å². The molecule has 0 unspecified atom stereocenters. The van der Waals surface area contributed by atoms with Crippen LogP contribution in [0, 0.1) is 17.1 Å². The van der Waals surface area contributed by atoms with Crippen LogP contribution in [0.4, 0.5) is 10.1 Å². The highest BCUT2D eigenvalue weighted by Gasteiger charge is 2.22. The molecule has 0 aliphatic rings. The van der Waals surface area contributed by atoms with Crippen LogP contribution >= 0.6 is 0 Å².